The minimum absolute atomic E-state index is 0.0389. The zero-order valence-corrected chi connectivity index (χ0v) is 11.5. The van der Waals surface area contributed by atoms with E-state index in [1.807, 2.05) is 0 Å². The van der Waals surface area contributed by atoms with Gasteiger partial charge in [-0.15, -0.1) is 0 Å². The van der Waals surface area contributed by atoms with Gasteiger partial charge in [-0.05, 0) is 24.7 Å². The lowest BCUT2D eigenvalue weighted by atomic mass is 9.76. The van der Waals surface area contributed by atoms with Gasteiger partial charge in [0.1, 0.15) is 0 Å². The van der Waals surface area contributed by atoms with Gasteiger partial charge in [0.05, 0.1) is 12.2 Å². The van der Waals surface area contributed by atoms with Gasteiger partial charge in [-0.1, -0.05) is 39.0 Å². The molecule has 0 spiro atoms. The number of hydrogen-bond donors (Lipinski definition) is 4. The van der Waals surface area contributed by atoms with E-state index in [1.165, 1.54) is 32.1 Å². The number of aliphatic hydroxyl groups is 3. The molecule has 0 saturated heterocycles. The molecule has 0 aliphatic heterocycles. The Morgan fingerprint density at radius 3 is 2.33 bits per heavy atom. The Morgan fingerprint density at radius 1 is 1.17 bits per heavy atom. The molecule has 0 aromatic rings. The van der Waals surface area contributed by atoms with Crippen molar-refractivity contribution >= 4 is 0 Å². The third kappa shape index (κ3) is 4.50. The highest BCUT2D eigenvalue weighted by atomic mass is 16.3. The Bertz CT molecular complexity index is 219. The fourth-order valence-electron chi connectivity index (χ4n) is 3.01. The van der Waals surface area contributed by atoms with Gasteiger partial charge in [-0.3, -0.25) is 0 Å². The van der Waals surface area contributed by atoms with E-state index in [0.29, 0.717) is 18.8 Å². The summed E-state index contributed by atoms with van der Waals surface area (Å²) >= 11 is 0. The molecule has 1 saturated carbocycles. The molecule has 1 fully saturated rings. The van der Waals surface area contributed by atoms with Crippen LogP contribution >= 0.6 is 0 Å². The standard InChI is InChI=1S/C14H29NO3/c1-10(11-6-3-2-4-7-11)13(15)14(18)12(17)8-5-9-16/h10-14,16-18H,2-9,15H2,1H3/t10?,12-,13-,14-/m0/s1. The van der Waals surface area contributed by atoms with E-state index < -0.39 is 12.2 Å². The van der Waals surface area contributed by atoms with Crippen molar-refractivity contribution in [1.29, 1.82) is 0 Å². The quantitative estimate of drug-likeness (QED) is 0.550. The first-order chi connectivity index (χ1) is 8.57. The van der Waals surface area contributed by atoms with E-state index in [2.05, 4.69) is 6.92 Å². The monoisotopic (exact) mass is 259 g/mol. The molecule has 0 aromatic heterocycles. The highest BCUT2D eigenvalue weighted by molar-refractivity contribution is 4.86. The zero-order chi connectivity index (χ0) is 13.5. The first-order valence-electron chi connectivity index (χ1n) is 7.30. The maximum Gasteiger partial charge on any atom is 0.0952 e. The van der Waals surface area contributed by atoms with Crippen LogP contribution in [0.25, 0.3) is 0 Å². The lowest BCUT2D eigenvalue weighted by molar-refractivity contribution is -0.0206. The van der Waals surface area contributed by atoms with E-state index in [-0.39, 0.29) is 18.6 Å². The summed E-state index contributed by atoms with van der Waals surface area (Å²) in [6.45, 7) is 2.12. The number of aliphatic hydroxyl groups excluding tert-OH is 3. The molecule has 18 heavy (non-hydrogen) atoms. The molecule has 4 atom stereocenters. The third-order valence-electron chi connectivity index (χ3n) is 4.45. The third-order valence-corrected chi connectivity index (χ3v) is 4.45. The minimum atomic E-state index is -0.881. The first kappa shape index (κ1) is 15.9. The number of nitrogens with two attached hydrogens (primary N) is 1. The zero-order valence-electron chi connectivity index (χ0n) is 11.5. The second-order valence-electron chi connectivity index (χ2n) is 5.76. The lowest BCUT2D eigenvalue weighted by Crippen LogP contribution is -2.49. The number of rotatable bonds is 7. The van der Waals surface area contributed by atoms with Crippen molar-refractivity contribution in [2.45, 2.75) is 70.1 Å². The van der Waals surface area contributed by atoms with Gasteiger partial charge in [-0.25, -0.2) is 0 Å². The van der Waals surface area contributed by atoms with Crippen molar-refractivity contribution in [3.8, 4) is 0 Å². The molecule has 1 unspecified atom stereocenters. The Kier molecular flexibility index (Phi) is 7.15. The lowest BCUT2D eigenvalue weighted by Gasteiger charge is -2.35. The molecule has 5 N–H and O–H groups in total. The molecule has 1 aliphatic rings. The normalized spacial score (nSPS) is 24.5. The molecule has 4 heteroatoms. The molecule has 1 aliphatic carbocycles. The molecule has 0 aromatic carbocycles. The van der Waals surface area contributed by atoms with Gasteiger partial charge >= 0.3 is 0 Å². The van der Waals surface area contributed by atoms with Crippen LogP contribution in [0.1, 0.15) is 51.9 Å². The van der Waals surface area contributed by atoms with Crippen LogP contribution in [0.15, 0.2) is 0 Å². The largest absolute Gasteiger partial charge is 0.396 e. The van der Waals surface area contributed by atoms with E-state index in [0.717, 1.165) is 0 Å². The highest BCUT2D eigenvalue weighted by Crippen LogP contribution is 2.32. The summed E-state index contributed by atoms with van der Waals surface area (Å²) in [4.78, 5) is 0. The molecule has 0 bridgehead atoms. The second kappa shape index (κ2) is 8.10. The molecule has 1 rings (SSSR count). The minimum Gasteiger partial charge on any atom is -0.396 e. The molecule has 4 nitrogen and oxygen atoms in total. The molecular weight excluding hydrogens is 230 g/mol. The van der Waals surface area contributed by atoms with Crippen molar-refractivity contribution in [3.05, 3.63) is 0 Å². The average Bonchev–Trinajstić information content (AvgIpc) is 2.43. The summed E-state index contributed by atoms with van der Waals surface area (Å²) in [5.41, 5.74) is 6.09. The van der Waals surface area contributed by atoms with Crippen LogP contribution in [0.3, 0.4) is 0 Å². The van der Waals surface area contributed by atoms with Gasteiger partial charge in [0.15, 0.2) is 0 Å². The molecule has 0 radical (unpaired) electrons. The second-order valence-corrected chi connectivity index (χ2v) is 5.76. The van der Waals surface area contributed by atoms with E-state index in [1.54, 1.807) is 0 Å². The van der Waals surface area contributed by atoms with Crippen molar-refractivity contribution in [2.75, 3.05) is 6.61 Å². The Hall–Kier alpha value is -0.160. The van der Waals surface area contributed by atoms with E-state index >= 15 is 0 Å². The van der Waals surface area contributed by atoms with E-state index in [9.17, 15) is 10.2 Å². The smallest absolute Gasteiger partial charge is 0.0952 e. The molecule has 0 heterocycles. The van der Waals surface area contributed by atoms with Gasteiger partial charge in [0.2, 0.25) is 0 Å². The summed E-state index contributed by atoms with van der Waals surface area (Å²) in [5, 5.41) is 28.6. The molecular formula is C14H29NO3. The Balaban J connectivity index is 2.42. The Labute approximate surface area is 110 Å². The van der Waals surface area contributed by atoms with Crippen molar-refractivity contribution in [1.82, 2.24) is 0 Å². The van der Waals surface area contributed by atoms with Crippen molar-refractivity contribution < 1.29 is 15.3 Å². The van der Waals surface area contributed by atoms with Crippen LogP contribution in [0.4, 0.5) is 0 Å². The Morgan fingerprint density at radius 2 is 1.78 bits per heavy atom. The molecule has 0 amide bonds. The van der Waals surface area contributed by atoms with Gasteiger partial charge in [-0.2, -0.15) is 0 Å². The summed E-state index contributed by atoms with van der Waals surface area (Å²) in [5.74, 6) is 0.817. The predicted octanol–water partition coefficient (Wildman–Crippen LogP) is 1.02. The highest BCUT2D eigenvalue weighted by Gasteiger charge is 2.32. The molecule has 108 valence electrons. The summed E-state index contributed by atoms with van der Waals surface area (Å²) < 4.78 is 0. The number of hydrogen-bond acceptors (Lipinski definition) is 4. The summed E-state index contributed by atoms with van der Waals surface area (Å²) in [6.07, 6.45) is 5.40. The SMILES string of the molecule is CC(C1CCCCC1)[C@H](N)[C@@H](O)[C@@H](O)CCCO. The van der Waals surface area contributed by atoms with Crippen LogP contribution in [0, 0.1) is 11.8 Å². The summed E-state index contributed by atoms with van der Waals surface area (Å²) in [7, 11) is 0. The fourth-order valence-corrected chi connectivity index (χ4v) is 3.01. The van der Waals surface area contributed by atoms with Gasteiger partial charge < -0.3 is 21.1 Å². The van der Waals surface area contributed by atoms with Crippen LogP contribution in [-0.4, -0.2) is 40.2 Å². The van der Waals surface area contributed by atoms with Crippen molar-refractivity contribution in [3.63, 3.8) is 0 Å². The van der Waals surface area contributed by atoms with Crippen LogP contribution in [0.2, 0.25) is 0 Å². The topological polar surface area (TPSA) is 86.7 Å². The maximum absolute atomic E-state index is 10.1. The van der Waals surface area contributed by atoms with Crippen LogP contribution < -0.4 is 5.73 Å². The predicted molar refractivity (Wildman–Crippen MR) is 72.0 cm³/mol. The first-order valence-corrected chi connectivity index (χ1v) is 7.30. The van der Waals surface area contributed by atoms with E-state index in [4.69, 9.17) is 10.8 Å². The maximum atomic E-state index is 10.1. The van der Waals surface area contributed by atoms with Crippen molar-refractivity contribution in [2.24, 2.45) is 17.6 Å². The van der Waals surface area contributed by atoms with Crippen LogP contribution in [-0.2, 0) is 0 Å². The fraction of sp³-hybridized carbons (Fsp3) is 1.00. The van der Waals surface area contributed by atoms with Crippen LogP contribution in [0.5, 0.6) is 0 Å². The average molecular weight is 259 g/mol. The summed E-state index contributed by atoms with van der Waals surface area (Å²) in [6, 6.07) is -0.373. The van der Waals surface area contributed by atoms with Gasteiger partial charge in [0.25, 0.3) is 0 Å². The van der Waals surface area contributed by atoms with Gasteiger partial charge in [0, 0.05) is 12.6 Å².